The zero-order chi connectivity index (χ0) is 22.0. The number of hydrogen-bond acceptors (Lipinski definition) is 6. The molecule has 6 heteroatoms. The van der Waals surface area contributed by atoms with E-state index in [4.69, 9.17) is 9.47 Å². The van der Waals surface area contributed by atoms with E-state index in [0.29, 0.717) is 24.8 Å². The van der Waals surface area contributed by atoms with Gasteiger partial charge in [-0.3, -0.25) is 4.79 Å². The number of methoxy groups -OCH3 is 1. The molecule has 31 heavy (non-hydrogen) atoms. The van der Waals surface area contributed by atoms with Gasteiger partial charge in [-0.25, -0.2) is 0 Å². The van der Waals surface area contributed by atoms with E-state index in [9.17, 15) is 20.1 Å². The molecule has 0 spiro atoms. The van der Waals surface area contributed by atoms with Crippen molar-refractivity contribution >= 4 is 5.78 Å². The Labute approximate surface area is 180 Å². The van der Waals surface area contributed by atoms with Crippen LogP contribution in [-0.2, 0) is 12.8 Å². The first-order valence-electron chi connectivity index (χ1n) is 10.2. The standard InChI is InChI=1S/C25H24O6/c1-30-18-9-2-15(3-10-18)4-12-20(27)24-22(29)14-21(28)19-11-13-23(31-25(19)24)16-5-7-17(26)8-6-16/h2-3,5-10,14,23,26,28-29H,4,11-13H2,1H3/t23-/m1/s1. The second-order valence-corrected chi connectivity index (χ2v) is 7.61. The Bertz CT molecular complexity index is 1090. The Kier molecular flexibility index (Phi) is 5.71. The van der Waals surface area contributed by atoms with Gasteiger partial charge in [-0.05, 0) is 54.7 Å². The smallest absolute Gasteiger partial charge is 0.170 e. The van der Waals surface area contributed by atoms with Gasteiger partial charge in [-0.1, -0.05) is 24.3 Å². The third-order valence-corrected chi connectivity index (χ3v) is 5.60. The highest BCUT2D eigenvalue weighted by Gasteiger charge is 2.30. The van der Waals surface area contributed by atoms with Gasteiger partial charge in [-0.15, -0.1) is 0 Å². The summed E-state index contributed by atoms with van der Waals surface area (Å²) >= 11 is 0. The van der Waals surface area contributed by atoms with Crippen LogP contribution < -0.4 is 9.47 Å². The number of rotatable bonds is 6. The Morgan fingerprint density at radius 3 is 2.42 bits per heavy atom. The molecule has 1 aliphatic heterocycles. The quantitative estimate of drug-likeness (QED) is 0.501. The van der Waals surface area contributed by atoms with E-state index in [2.05, 4.69) is 0 Å². The summed E-state index contributed by atoms with van der Waals surface area (Å²) in [6.07, 6.45) is 1.45. The summed E-state index contributed by atoms with van der Waals surface area (Å²) in [7, 11) is 1.60. The number of aromatic hydroxyl groups is 3. The average molecular weight is 420 g/mol. The lowest BCUT2D eigenvalue weighted by Gasteiger charge is -2.29. The number of phenols is 3. The van der Waals surface area contributed by atoms with Crippen LogP contribution in [0.25, 0.3) is 0 Å². The van der Waals surface area contributed by atoms with Crippen LogP contribution in [0, 0.1) is 0 Å². The molecule has 0 bridgehead atoms. The van der Waals surface area contributed by atoms with Gasteiger partial charge in [0.15, 0.2) is 5.78 Å². The van der Waals surface area contributed by atoms with Crippen LogP contribution >= 0.6 is 0 Å². The number of ether oxygens (including phenoxy) is 2. The minimum Gasteiger partial charge on any atom is -0.508 e. The third kappa shape index (κ3) is 4.28. The molecule has 0 amide bonds. The van der Waals surface area contributed by atoms with Crippen LogP contribution in [-0.4, -0.2) is 28.2 Å². The van der Waals surface area contributed by atoms with Crippen molar-refractivity contribution in [2.45, 2.75) is 31.8 Å². The van der Waals surface area contributed by atoms with Crippen molar-refractivity contribution in [3.05, 3.63) is 76.9 Å². The Balaban J connectivity index is 1.59. The minimum atomic E-state index is -0.345. The van der Waals surface area contributed by atoms with Gasteiger partial charge >= 0.3 is 0 Å². The van der Waals surface area contributed by atoms with Gasteiger partial charge in [-0.2, -0.15) is 0 Å². The predicted molar refractivity (Wildman–Crippen MR) is 115 cm³/mol. The summed E-state index contributed by atoms with van der Waals surface area (Å²) in [5.74, 6) is 0.516. The van der Waals surface area contributed by atoms with E-state index in [-0.39, 0.29) is 46.9 Å². The number of hydrogen-bond donors (Lipinski definition) is 3. The molecular weight excluding hydrogens is 396 g/mol. The highest BCUT2D eigenvalue weighted by molar-refractivity contribution is 6.02. The summed E-state index contributed by atoms with van der Waals surface area (Å²) in [5, 5.41) is 30.3. The Hall–Kier alpha value is -3.67. The maximum atomic E-state index is 13.1. The highest BCUT2D eigenvalue weighted by atomic mass is 16.5. The van der Waals surface area contributed by atoms with Crippen LogP contribution in [0.1, 0.15) is 46.0 Å². The SMILES string of the molecule is COc1ccc(CCC(=O)c2c(O)cc(O)c3c2O[C@@H](c2ccc(O)cc2)CC3)cc1. The number of fused-ring (bicyclic) bond motifs is 1. The summed E-state index contributed by atoms with van der Waals surface area (Å²) in [5.41, 5.74) is 2.46. The number of Topliss-reactive ketones (excluding diaryl/α,β-unsaturated/α-hetero) is 1. The number of carbonyl (C=O) groups is 1. The fraction of sp³-hybridized carbons (Fsp3) is 0.240. The number of benzene rings is 3. The van der Waals surface area contributed by atoms with Crippen molar-refractivity contribution in [1.29, 1.82) is 0 Å². The first-order valence-corrected chi connectivity index (χ1v) is 10.2. The van der Waals surface area contributed by atoms with E-state index < -0.39 is 0 Å². The van der Waals surface area contributed by atoms with Gasteiger partial charge in [0, 0.05) is 18.1 Å². The van der Waals surface area contributed by atoms with Crippen LogP contribution in [0.5, 0.6) is 28.7 Å². The molecule has 1 aliphatic rings. The van der Waals surface area contributed by atoms with Crippen LogP contribution in [0.3, 0.4) is 0 Å². The van der Waals surface area contributed by atoms with Crippen molar-refractivity contribution < 1.29 is 29.6 Å². The van der Waals surface area contributed by atoms with Crippen molar-refractivity contribution in [1.82, 2.24) is 0 Å². The minimum absolute atomic E-state index is 0.0802. The van der Waals surface area contributed by atoms with Gasteiger partial charge in [0.1, 0.15) is 40.4 Å². The molecule has 6 nitrogen and oxygen atoms in total. The first kappa shape index (κ1) is 20.6. The molecule has 0 radical (unpaired) electrons. The molecule has 0 fully saturated rings. The first-order chi connectivity index (χ1) is 15.0. The van der Waals surface area contributed by atoms with E-state index in [1.165, 1.54) is 6.07 Å². The van der Waals surface area contributed by atoms with Crippen molar-refractivity contribution in [3.63, 3.8) is 0 Å². The van der Waals surface area contributed by atoms with E-state index in [0.717, 1.165) is 16.9 Å². The molecular formula is C25H24O6. The number of carbonyl (C=O) groups excluding carboxylic acids is 1. The molecule has 0 aliphatic carbocycles. The molecule has 0 aromatic heterocycles. The predicted octanol–water partition coefficient (Wildman–Crippen LogP) is 4.69. The molecule has 1 heterocycles. The number of aryl methyl sites for hydroxylation is 1. The maximum Gasteiger partial charge on any atom is 0.170 e. The molecule has 3 aromatic carbocycles. The molecule has 3 N–H and O–H groups in total. The van der Waals surface area contributed by atoms with Gasteiger partial charge in [0.25, 0.3) is 0 Å². The van der Waals surface area contributed by atoms with Crippen LogP contribution in [0.4, 0.5) is 0 Å². The van der Waals surface area contributed by atoms with Crippen molar-refractivity contribution in [3.8, 4) is 28.7 Å². The molecule has 1 atom stereocenters. The largest absolute Gasteiger partial charge is 0.508 e. The van der Waals surface area contributed by atoms with Gasteiger partial charge < -0.3 is 24.8 Å². The fourth-order valence-electron chi connectivity index (χ4n) is 3.89. The monoisotopic (exact) mass is 420 g/mol. The zero-order valence-corrected chi connectivity index (χ0v) is 17.2. The van der Waals surface area contributed by atoms with E-state index in [1.807, 2.05) is 24.3 Å². The summed E-state index contributed by atoms with van der Waals surface area (Å²) < 4.78 is 11.3. The second kappa shape index (κ2) is 8.60. The highest BCUT2D eigenvalue weighted by Crippen LogP contribution is 2.45. The normalized spacial score (nSPS) is 15.1. The van der Waals surface area contributed by atoms with Gasteiger partial charge in [0.05, 0.1) is 7.11 Å². The Morgan fingerprint density at radius 2 is 1.74 bits per heavy atom. The van der Waals surface area contributed by atoms with Crippen LogP contribution in [0.15, 0.2) is 54.6 Å². The molecule has 0 unspecified atom stereocenters. The van der Waals surface area contributed by atoms with Crippen LogP contribution in [0.2, 0.25) is 0 Å². The fourth-order valence-corrected chi connectivity index (χ4v) is 3.89. The van der Waals surface area contributed by atoms with Gasteiger partial charge in [0.2, 0.25) is 0 Å². The number of phenolic OH excluding ortho intramolecular Hbond substituents is 3. The van der Waals surface area contributed by atoms with Crippen molar-refractivity contribution in [2.24, 2.45) is 0 Å². The average Bonchev–Trinajstić information content (AvgIpc) is 2.78. The maximum absolute atomic E-state index is 13.1. The molecule has 0 saturated heterocycles. The lowest BCUT2D eigenvalue weighted by molar-refractivity contribution is 0.0967. The molecule has 4 rings (SSSR count). The second-order valence-electron chi connectivity index (χ2n) is 7.61. The van der Waals surface area contributed by atoms with Crippen molar-refractivity contribution in [2.75, 3.05) is 7.11 Å². The molecule has 3 aromatic rings. The molecule has 0 saturated carbocycles. The lowest BCUT2D eigenvalue weighted by Crippen LogP contribution is -2.18. The third-order valence-electron chi connectivity index (χ3n) is 5.60. The summed E-state index contributed by atoms with van der Waals surface area (Å²) in [6.45, 7) is 0. The molecule has 160 valence electrons. The summed E-state index contributed by atoms with van der Waals surface area (Å²) in [6, 6.07) is 15.4. The Morgan fingerprint density at radius 1 is 1.03 bits per heavy atom. The topological polar surface area (TPSA) is 96.2 Å². The number of ketones is 1. The lowest BCUT2D eigenvalue weighted by atomic mass is 9.92. The van der Waals surface area contributed by atoms with E-state index >= 15 is 0 Å². The summed E-state index contributed by atoms with van der Waals surface area (Å²) in [4.78, 5) is 13.1. The zero-order valence-electron chi connectivity index (χ0n) is 17.2. The van der Waals surface area contributed by atoms with E-state index in [1.54, 1.807) is 31.4 Å².